The van der Waals surface area contributed by atoms with E-state index >= 15 is 0 Å². The molecule has 2 aliphatic rings. The first kappa shape index (κ1) is 13.5. The van der Waals surface area contributed by atoms with Crippen LogP contribution in [0.1, 0.15) is 37.4 Å². The zero-order valence-electron chi connectivity index (χ0n) is 10.9. The van der Waals surface area contributed by atoms with Crippen LogP contribution >= 0.6 is 0 Å². The van der Waals surface area contributed by atoms with Gasteiger partial charge in [-0.2, -0.15) is 13.2 Å². The Labute approximate surface area is 114 Å². The lowest BCUT2D eigenvalue weighted by atomic mass is 9.96. The minimum absolute atomic E-state index is 0.0662. The van der Waals surface area contributed by atoms with E-state index in [1.54, 1.807) is 4.90 Å². The molecule has 1 aliphatic heterocycles. The maximum Gasteiger partial charge on any atom is 0.391 e. The van der Waals surface area contributed by atoms with Crippen LogP contribution in [0.3, 0.4) is 0 Å². The zero-order valence-corrected chi connectivity index (χ0v) is 10.9. The fourth-order valence-corrected chi connectivity index (χ4v) is 2.61. The summed E-state index contributed by atoms with van der Waals surface area (Å²) in [5.41, 5.74) is -0.227. The van der Waals surface area contributed by atoms with Gasteiger partial charge in [-0.1, -0.05) is 0 Å². The van der Waals surface area contributed by atoms with Gasteiger partial charge in [0.1, 0.15) is 11.6 Å². The third-order valence-corrected chi connectivity index (χ3v) is 3.99. The van der Waals surface area contributed by atoms with E-state index in [2.05, 4.69) is 9.97 Å². The van der Waals surface area contributed by atoms with Crippen molar-refractivity contribution in [1.29, 1.82) is 0 Å². The summed E-state index contributed by atoms with van der Waals surface area (Å²) in [7, 11) is 0. The predicted octanol–water partition coefficient (Wildman–Crippen LogP) is 2.43. The summed E-state index contributed by atoms with van der Waals surface area (Å²) in [6.07, 6.45) is -1.95. The molecule has 1 aromatic heterocycles. The van der Waals surface area contributed by atoms with Gasteiger partial charge in [-0.15, -0.1) is 0 Å². The van der Waals surface area contributed by atoms with E-state index in [0.717, 1.165) is 12.8 Å². The highest BCUT2D eigenvalue weighted by Gasteiger charge is 2.41. The van der Waals surface area contributed by atoms with Crippen molar-refractivity contribution in [1.82, 2.24) is 9.97 Å². The van der Waals surface area contributed by atoms with Crippen LogP contribution < -0.4 is 10.5 Å². The summed E-state index contributed by atoms with van der Waals surface area (Å²) in [5.74, 6) is 0.265. The molecule has 2 heterocycles. The average Bonchev–Trinajstić information content (AvgIpc) is 3.21. The van der Waals surface area contributed by atoms with E-state index in [0.29, 0.717) is 30.6 Å². The third kappa shape index (κ3) is 2.81. The molecule has 4 nitrogen and oxygen atoms in total. The highest BCUT2D eigenvalue weighted by atomic mass is 19.4. The maximum atomic E-state index is 12.6. The van der Waals surface area contributed by atoms with Crippen LogP contribution in [0.25, 0.3) is 0 Å². The number of nitrogens with zero attached hydrogens (tertiary/aromatic N) is 2. The molecular weight excluding hydrogens is 271 g/mol. The van der Waals surface area contributed by atoms with Gasteiger partial charge < -0.3 is 9.88 Å². The van der Waals surface area contributed by atoms with Crippen molar-refractivity contribution in [2.75, 3.05) is 18.0 Å². The molecule has 1 aliphatic carbocycles. The molecule has 0 amide bonds. The topological polar surface area (TPSA) is 49.0 Å². The first-order valence-electron chi connectivity index (χ1n) is 6.86. The van der Waals surface area contributed by atoms with E-state index in [4.69, 9.17) is 0 Å². The molecule has 7 heteroatoms. The Morgan fingerprint density at radius 2 is 1.85 bits per heavy atom. The van der Waals surface area contributed by atoms with E-state index in [1.807, 2.05) is 0 Å². The van der Waals surface area contributed by atoms with Crippen molar-refractivity contribution in [2.24, 2.45) is 5.92 Å². The van der Waals surface area contributed by atoms with Gasteiger partial charge >= 0.3 is 6.18 Å². The minimum atomic E-state index is -4.12. The van der Waals surface area contributed by atoms with E-state index < -0.39 is 12.1 Å². The first-order valence-corrected chi connectivity index (χ1v) is 6.86. The van der Waals surface area contributed by atoms with Gasteiger partial charge in [0.15, 0.2) is 0 Å². The van der Waals surface area contributed by atoms with Gasteiger partial charge in [0.05, 0.1) is 5.92 Å². The number of piperidine rings is 1. The molecule has 0 spiro atoms. The van der Waals surface area contributed by atoms with Gasteiger partial charge in [0, 0.05) is 25.1 Å². The standard InChI is InChI=1S/C13H16F3N3O/c14-13(15,16)9-3-5-19(6-4-9)10-7-11(20)18-12(17-10)8-1-2-8/h7-9H,1-6H2,(H,17,18,20). The number of nitrogens with one attached hydrogen (secondary N) is 1. The highest BCUT2D eigenvalue weighted by molar-refractivity contribution is 5.38. The summed E-state index contributed by atoms with van der Waals surface area (Å²) < 4.78 is 37.9. The van der Waals surface area contributed by atoms with Crippen LogP contribution in [0.15, 0.2) is 10.9 Å². The van der Waals surface area contributed by atoms with Gasteiger partial charge in [-0.3, -0.25) is 4.79 Å². The molecule has 0 atom stereocenters. The quantitative estimate of drug-likeness (QED) is 0.909. The van der Waals surface area contributed by atoms with Gasteiger partial charge in [0.2, 0.25) is 0 Å². The number of aromatic nitrogens is 2. The van der Waals surface area contributed by atoms with Crippen LogP contribution in [0.2, 0.25) is 0 Å². The second-order valence-corrected chi connectivity index (χ2v) is 5.57. The number of halogens is 3. The SMILES string of the molecule is O=c1cc(N2CCC(C(F)(F)F)CC2)nc(C2CC2)[nH]1. The van der Waals surface area contributed by atoms with Crippen molar-refractivity contribution in [3.63, 3.8) is 0 Å². The number of aromatic amines is 1. The fraction of sp³-hybridized carbons (Fsp3) is 0.692. The summed E-state index contributed by atoms with van der Waals surface area (Å²) in [5, 5.41) is 0. The predicted molar refractivity (Wildman–Crippen MR) is 67.8 cm³/mol. The van der Waals surface area contributed by atoms with Crippen molar-refractivity contribution in [3.05, 3.63) is 22.2 Å². The number of hydrogen-bond donors (Lipinski definition) is 1. The van der Waals surface area contributed by atoms with Crippen molar-refractivity contribution in [2.45, 2.75) is 37.8 Å². The van der Waals surface area contributed by atoms with Crippen LogP contribution in [-0.2, 0) is 0 Å². The van der Waals surface area contributed by atoms with Crippen LogP contribution in [0.4, 0.5) is 19.0 Å². The Hall–Kier alpha value is -1.53. The number of alkyl halides is 3. The van der Waals surface area contributed by atoms with Gasteiger partial charge in [-0.05, 0) is 25.7 Å². The Morgan fingerprint density at radius 1 is 1.20 bits per heavy atom. The molecule has 20 heavy (non-hydrogen) atoms. The summed E-state index contributed by atoms with van der Waals surface area (Å²) in [4.78, 5) is 20.5. The molecule has 1 N–H and O–H groups in total. The molecule has 1 saturated carbocycles. The Balaban J connectivity index is 1.73. The fourth-order valence-electron chi connectivity index (χ4n) is 2.61. The van der Waals surface area contributed by atoms with Crippen LogP contribution in [-0.4, -0.2) is 29.2 Å². The molecule has 3 rings (SSSR count). The molecule has 1 aromatic rings. The molecule has 1 saturated heterocycles. The number of H-pyrrole nitrogens is 1. The Morgan fingerprint density at radius 3 is 2.40 bits per heavy atom. The molecule has 2 fully saturated rings. The largest absolute Gasteiger partial charge is 0.391 e. The second-order valence-electron chi connectivity index (χ2n) is 5.57. The zero-order chi connectivity index (χ0) is 14.3. The molecule has 0 radical (unpaired) electrons. The smallest absolute Gasteiger partial charge is 0.356 e. The number of hydrogen-bond acceptors (Lipinski definition) is 3. The lowest BCUT2D eigenvalue weighted by molar-refractivity contribution is -0.179. The van der Waals surface area contributed by atoms with Gasteiger partial charge in [-0.25, -0.2) is 4.98 Å². The van der Waals surface area contributed by atoms with Crippen LogP contribution in [0.5, 0.6) is 0 Å². The van der Waals surface area contributed by atoms with E-state index in [1.165, 1.54) is 6.07 Å². The van der Waals surface area contributed by atoms with E-state index in [-0.39, 0.29) is 18.4 Å². The average molecular weight is 287 g/mol. The first-order chi connectivity index (χ1) is 9.43. The Kier molecular flexibility index (Phi) is 3.22. The van der Waals surface area contributed by atoms with Crippen LogP contribution in [0, 0.1) is 5.92 Å². The number of anilines is 1. The molecule has 0 bridgehead atoms. The normalized spacial score (nSPS) is 21.2. The van der Waals surface area contributed by atoms with Crippen molar-refractivity contribution < 1.29 is 13.2 Å². The molecule has 110 valence electrons. The molecular formula is C13H16F3N3O. The highest BCUT2D eigenvalue weighted by Crippen LogP contribution is 2.38. The maximum absolute atomic E-state index is 12.6. The van der Waals surface area contributed by atoms with Gasteiger partial charge in [0.25, 0.3) is 5.56 Å². The summed E-state index contributed by atoms with van der Waals surface area (Å²) >= 11 is 0. The summed E-state index contributed by atoms with van der Waals surface area (Å²) in [6.45, 7) is 0.593. The third-order valence-electron chi connectivity index (χ3n) is 3.99. The van der Waals surface area contributed by atoms with Crippen molar-refractivity contribution >= 4 is 5.82 Å². The molecule has 0 aromatic carbocycles. The monoisotopic (exact) mass is 287 g/mol. The lowest BCUT2D eigenvalue weighted by Crippen LogP contribution is -2.39. The minimum Gasteiger partial charge on any atom is -0.356 e. The molecule has 0 unspecified atom stereocenters. The van der Waals surface area contributed by atoms with E-state index in [9.17, 15) is 18.0 Å². The lowest BCUT2D eigenvalue weighted by Gasteiger charge is -2.33. The Bertz CT molecular complexity index is 543. The number of rotatable bonds is 2. The summed E-state index contributed by atoms with van der Waals surface area (Å²) in [6, 6.07) is 1.37. The second kappa shape index (κ2) is 4.79. The van der Waals surface area contributed by atoms with Crippen molar-refractivity contribution in [3.8, 4) is 0 Å².